The zero-order chi connectivity index (χ0) is 16.3. The molecule has 0 saturated carbocycles. The van der Waals surface area contributed by atoms with Gasteiger partial charge in [0.15, 0.2) is 0 Å². The topological polar surface area (TPSA) is 104 Å². The number of carboxylic acid groups (broad SMARTS) is 1. The van der Waals surface area contributed by atoms with Crippen molar-refractivity contribution in [1.82, 2.24) is 4.90 Å². The molecule has 0 aliphatic carbocycles. The van der Waals surface area contributed by atoms with Gasteiger partial charge in [-0.25, -0.2) is 0 Å². The summed E-state index contributed by atoms with van der Waals surface area (Å²) in [5, 5.41) is 10.7. The smallest absolute Gasteiger partial charge is 0.323 e. The third kappa shape index (κ3) is 3.73. The van der Waals surface area contributed by atoms with Gasteiger partial charge in [-0.15, -0.1) is 0 Å². The Morgan fingerprint density at radius 1 is 1.27 bits per heavy atom. The molecule has 7 nitrogen and oxygen atoms in total. The summed E-state index contributed by atoms with van der Waals surface area (Å²) in [7, 11) is 0. The van der Waals surface area contributed by atoms with Gasteiger partial charge in [0.05, 0.1) is 4.91 Å². The number of carbonyl (C=O) groups is 4. The second kappa shape index (κ2) is 6.44. The first-order chi connectivity index (χ1) is 10.4. The third-order valence-corrected chi connectivity index (χ3v) is 3.60. The molecule has 2 N–H and O–H groups in total. The summed E-state index contributed by atoms with van der Waals surface area (Å²) in [6.45, 7) is 0.746. The molecule has 0 atom stereocenters. The van der Waals surface area contributed by atoms with Crippen molar-refractivity contribution >= 4 is 46.5 Å². The summed E-state index contributed by atoms with van der Waals surface area (Å²) >= 11 is 0.699. The SMILES string of the molecule is CC(=O)Nc1ccc(/C=C2\SC(=O)N(CC(=O)O)C2=O)cc1. The molecule has 8 heteroatoms. The van der Waals surface area contributed by atoms with Crippen molar-refractivity contribution in [3.8, 4) is 0 Å². The lowest BCUT2D eigenvalue weighted by atomic mass is 10.2. The normalized spacial score (nSPS) is 16.2. The van der Waals surface area contributed by atoms with Crippen LogP contribution in [-0.2, 0) is 14.4 Å². The summed E-state index contributed by atoms with van der Waals surface area (Å²) in [5.74, 6) is -2.06. The maximum atomic E-state index is 12.0. The van der Waals surface area contributed by atoms with Crippen LogP contribution in [-0.4, -0.2) is 39.6 Å². The molecular weight excluding hydrogens is 308 g/mol. The van der Waals surface area contributed by atoms with Crippen molar-refractivity contribution in [3.05, 3.63) is 34.7 Å². The fourth-order valence-electron chi connectivity index (χ4n) is 1.79. The Bertz CT molecular complexity index is 681. The van der Waals surface area contributed by atoms with Gasteiger partial charge in [-0.2, -0.15) is 0 Å². The van der Waals surface area contributed by atoms with Crippen molar-refractivity contribution in [3.63, 3.8) is 0 Å². The van der Waals surface area contributed by atoms with Gasteiger partial charge in [-0.3, -0.25) is 24.1 Å². The molecular formula is C14H12N2O5S. The number of anilines is 1. The molecule has 1 fully saturated rings. The van der Waals surface area contributed by atoms with E-state index in [9.17, 15) is 19.2 Å². The van der Waals surface area contributed by atoms with Crippen molar-refractivity contribution < 1.29 is 24.3 Å². The lowest BCUT2D eigenvalue weighted by Gasteiger charge is -2.07. The maximum Gasteiger partial charge on any atom is 0.323 e. The Labute approximate surface area is 130 Å². The molecule has 2 rings (SSSR count). The Hall–Kier alpha value is -2.61. The molecule has 0 unspecified atom stereocenters. The first-order valence-corrected chi connectivity index (χ1v) is 7.03. The van der Waals surface area contributed by atoms with E-state index in [0.29, 0.717) is 27.9 Å². The van der Waals surface area contributed by atoms with Crippen molar-refractivity contribution in [2.24, 2.45) is 0 Å². The summed E-state index contributed by atoms with van der Waals surface area (Å²) in [6.07, 6.45) is 1.50. The molecule has 1 heterocycles. The molecule has 0 aromatic heterocycles. The molecule has 0 radical (unpaired) electrons. The molecule has 1 aromatic rings. The number of carboxylic acids is 1. The van der Waals surface area contributed by atoms with Gasteiger partial charge >= 0.3 is 5.97 Å². The number of rotatable bonds is 4. The number of nitrogens with zero attached hydrogens (tertiary/aromatic N) is 1. The van der Waals surface area contributed by atoms with Crippen molar-refractivity contribution in [2.75, 3.05) is 11.9 Å². The van der Waals surface area contributed by atoms with Gasteiger partial charge in [0.1, 0.15) is 6.54 Å². The molecule has 114 valence electrons. The van der Waals surface area contributed by atoms with E-state index in [2.05, 4.69) is 5.32 Å². The zero-order valence-electron chi connectivity index (χ0n) is 11.5. The van der Waals surface area contributed by atoms with Crippen LogP contribution in [0.3, 0.4) is 0 Å². The van der Waals surface area contributed by atoms with Crippen LogP contribution in [0.5, 0.6) is 0 Å². The molecule has 1 aliphatic heterocycles. The Balaban J connectivity index is 2.16. The number of aliphatic carboxylic acids is 1. The lowest BCUT2D eigenvalue weighted by molar-refractivity contribution is -0.140. The summed E-state index contributed by atoms with van der Waals surface area (Å²) < 4.78 is 0. The van der Waals surface area contributed by atoms with Gasteiger partial charge in [-0.05, 0) is 35.5 Å². The predicted molar refractivity (Wildman–Crippen MR) is 81.1 cm³/mol. The molecule has 1 aliphatic rings. The average Bonchev–Trinajstić information content (AvgIpc) is 2.68. The first-order valence-electron chi connectivity index (χ1n) is 6.21. The van der Waals surface area contributed by atoms with E-state index in [-0.39, 0.29) is 10.8 Å². The zero-order valence-corrected chi connectivity index (χ0v) is 12.3. The highest BCUT2D eigenvalue weighted by Crippen LogP contribution is 2.32. The third-order valence-electron chi connectivity index (χ3n) is 2.70. The number of thioether (sulfide) groups is 1. The number of hydrogen-bond donors (Lipinski definition) is 2. The minimum atomic E-state index is -1.25. The number of nitrogens with one attached hydrogen (secondary N) is 1. The van der Waals surface area contributed by atoms with Gasteiger partial charge in [0.2, 0.25) is 5.91 Å². The highest BCUT2D eigenvalue weighted by atomic mass is 32.2. The molecule has 1 saturated heterocycles. The van der Waals surface area contributed by atoms with Crippen LogP contribution in [0, 0.1) is 0 Å². The Morgan fingerprint density at radius 2 is 1.91 bits per heavy atom. The lowest BCUT2D eigenvalue weighted by Crippen LogP contribution is -2.33. The van der Waals surface area contributed by atoms with E-state index >= 15 is 0 Å². The maximum absolute atomic E-state index is 12.0. The van der Waals surface area contributed by atoms with Crippen molar-refractivity contribution in [2.45, 2.75) is 6.92 Å². The van der Waals surface area contributed by atoms with Crippen LogP contribution in [0.2, 0.25) is 0 Å². The summed E-state index contributed by atoms with van der Waals surface area (Å²) in [4.78, 5) is 46.0. The summed E-state index contributed by atoms with van der Waals surface area (Å²) in [5.41, 5.74) is 1.28. The molecule has 3 amide bonds. The van der Waals surface area contributed by atoms with E-state index in [0.717, 1.165) is 0 Å². The van der Waals surface area contributed by atoms with E-state index < -0.39 is 23.7 Å². The second-order valence-corrected chi connectivity index (χ2v) is 5.46. The fourth-order valence-corrected chi connectivity index (χ4v) is 2.63. The number of amides is 3. The van der Waals surface area contributed by atoms with E-state index in [1.165, 1.54) is 13.0 Å². The van der Waals surface area contributed by atoms with Crippen LogP contribution in [0.4, 0.5) is 10.5 Å². The number of imide groups is 1. The number of hydrogen-bond acceptors (Lipinski definition) is 5. The van der Waals surface area contributed by atoms with Crippen LogP contribution in [0.25, 0.3) is 6.08 Å². The van der Waals surface area contributed by atoms with Gasteiger partial charge in [0.25, 0.3) is 11.1 Å². The predicted octanol–water partition coefficient (Wildman–Crippen LogP) is 1.77. The van der Waals surface area contributed by atoms with Gasteiger partial charge < -0.3 is 10.4 Å². The summed E-state index contributed by atoms with van der Waals surface area (Å²) in [6, 6.07) is 6.68. The van der Waals surface area contributed by atoms with Gasteiger partial charge in [-0.1, -0.05) is 12.1 Å². The monoisotopic (exact) mass is 320 g/mol. The molecule has 0 spiro atoms. The van der Waals surface area contributed by atoms with Crippen LogP contribution in [0.1, 0.15) is 12.5 Å². The molecule has 1 aromatic carbocycles. The quantitative estimate of drug-likeness (QED) is 0.819. The van der Waals surface area contributed by atoms with Crippen molar-refractivity contribution in [1.29, 1.82) is 0 Å². The standard InChI is InChI=1S/C14H12N2O5S/c1-8(17)15-10-4-2-9(3-5-10)6-11-13(20)16(7-12(18)19)14(21)22-11/h2-6H,7H2,1H3,(H,15,17)(H,18,19)/b11-6-. The average molecular weight is 320 g/mol. The molecule has 22 heavy (non-hydrogen) atoms. The largest absolute Gasteiger partial charge is 0.480 e. The Kier molecular flexibility index (Phi) is 4.62. The van der Waals surface area contributed by atoms with Gasteiger partial charge in [0, 0.05) is 12.6 Å². The van der Waals surface area contributed by atoms with Crippen LogP contribution >= 0.6 is 11.8 Å². The first kappa shape index (κ1) is 15.8. The minimum Gasteiger partial charge on any atom is -0.480 e. The molecule has 0 bridgehead atoms. The van der Waals surface area contributed by atoms with E-state index in [1.54, 1.807) is 24.3 Å². The minimum absolute atomic E-state index is 0.165. The highest BCUT2D eigenvalue weighted by molar-refractivity contribution is 8.18. The number of benzene rings is 1. The van der Waals surface area contributed by atoms with Crippen LogP contribution in [0.15, 0.2) is 29.2 Å². The fraction of sp³-hybridized carbons (Fsp3) is 0.143. The van der Waals surface area contributed by atoms with Crippen LogP contribution < -0.4 is 5.32 Å². The van der Waals surface area contributed by atoms with E-state index in [4.69, 9.17) is 5.11 Å². The highest BCUT2D eigenvalue weighted by Gasteiger charge is 2.36. The number of carbonyl (C=O) groups excluding carboxylic acids is 3. The van der Waals surface area contributed by atoms with E-state index in [1.807, 2.05) is 0 Å². The second-order valence-electron chi connectivity index (χ2n) is 4.46. The Morgan fingerprint density at radius 3 is 2.45 bits per heavy atom.